The predicted octanol–water partition coefficient (Wildman–Crippen LogP) is 0.546. The van der Waals surface area contributed by atoms with Crippen molar-refractivity contribution in [2.24, 2.45) is 5.92 Å². The molecule has 1 rings (SSSR count). The number of nitrogens with one attached hydrogen (secondary N) is 1. The summed E-state index contributed by atoms with van der Waals surface area (Å²) in [4.78, 5) is 2.33. The standard InChI is InChI=1S/C8H18N2/c1-4-7-5-9-6-8(7)10(2)3/h7-9H,4-6H2,1-3H3/t7-,8+/m1/s1. The highest BCUT2D eigenvalue weighted by Crippen LogP contribution is 2.15. The Kier molecular flexibility index (Phi) is 2.69. The minimum absolute atomic E-state index is 0.769. The topological polar surface area (TPSA) is 15.3 Å². The summed E-state index contributed by atoms with van der Waals surface area (Å²) in [5.41, 5.74) is 0. The van der Waals surface area contributed by atoms with E-state index < -0.39 is 0 Å². The monoisotopic (exact) mass is 142 g/mol. The molecule has 1 fully saturated rings. The molecule has 60 valence electrons. The van der Waals surface area contributed by atoms with Gasteiger partial charge < -0.3 is 10.2 Å². The van der Waals surface area contributed by atoms with Gasteiger partial charge in [0.2, 0.25) is 0 Å². The molecule has 1 N–H and O–H groups in total. The minimum atomic E-state index is 0.769. The molecule has 0 aromatic rings. The van der Waals surface area contributed by atoms with Crippen molar-refractivity contribution in [3.8, 4) is 0 Å². The van der Waals surface area contributed by atoms with Gasteiger partial charge in [-0.1, -0.05) is 13.3 Å². The summed E-state index contributed by atoms with van der Waals surface area (Å²) >= 11 is 0. The van der Waals surface area contributed by atoms with Gasteiger partial charge in [-0.25, -0.2) is 0 Å². The lowest BCUT2D eigenvalue weighted by Gasteiger charge is -2.23. The van der Waals surface area contributed by atoms with Crippen LogP contribution in [-0.2, 0) is 0 Å². The molecule has 0 bridgehead atoms. The Hall–Kier alpha value is -0.0800. The fourth-order valence-electron chi connectivity index (χ4n) is 1.74. The van der Waals surface area contributed by atoms with Crippen LogP contribution in [0.15, 0.2) is 0 Å². The second-order valence-corrected chi connectivity index (χ2v) is 3.36. The van der Waals surface area contributed by atoms with E-state index in [1.807, 2.05) is 0 Å². The largest absolute Gasteiger partial charge is 0.315 e. The van der Waals surface area contributed by atoms with Crippen LogP contribution in [0.4, 0.5) is 0 Å². The van der Waals surface area contributed by atoms with Gasteiger partial charge in [0.15, 0.2) is 0 Å². The first-order valence-corrected chi connectivity index (χ1v) is 4.12. The number of nitrogens with zero attached hydrogens (tertiary/aromatic N) is 1. The zero-order valence-electron chi connectivity index (χ0n) is 7.22. The molecular formula is C8H18N2. The number of likely N-dealkylation sites (N-methyl/N-ethyl adjacent to an activating group) is 1. The minimum Gasteiger partial charge on any atom is -0.315 e. The summed E-state index contributed by atoms with van der Waals surface area (Å²) in [6.07, 6.45) is 1.30. The molecule has 0 aromatic carbocycles. The Bertz CT molecular complexity index is 101. The maximum atomic E-state index is 3.41. The maximum Gasteiger partial charge on any atom is 0.0254 e. The second-order valence-electron chi connectivity index (χ2n) is 3.36. The lowest BCUT2D eigenvalue weighted by molar-refractivity contribution is 0.250. The number of hydrogen-bond donors (Lipinski definition) is 1. The summed E-state index contributed by atoms with van der Waals surface area (Å²) < 4.78 is 0. The van der Waals surface area contributed by atoms with Crippen LogP contribution in [0.2, 0.25) is 0 Å². The van der Waals surface area contributed by atoms with E-state index in [1.165, 1.54) is 19.5 Å². The van der Waals surface area contributed by atoms with Gasteiger partial charge in [-0.2, -0.15) is 0 Å². The summed E-state index contributed by atoms with van der Waals surface area (Å²) in [5.74, 6) is 0.870. The summed E-state index contributed by atoms with van der Waals surface area (Å²) in [5, 5.41) is 3.41. The molecule has 2 nitrogen and oxygen atoms in total. The number of rotatable bonds is 2. The molecule has 0 saturated carbocycles. The molecular weight excluding hydrogens is 124 g/mol. The van der Waals surface area contributed by atoms with Crippen LogP contribution in [0.1, 0.15) is 13.3 Å². The van der Waals surface area contributed by atoms with Gasteiger partial charge in [-0.3, -0.25) is 0 Å². The van der Waals surface area contributed by atoms with Crippen molar-refractivity contribution in [1.29, 1.82) is 0 Å². The molecule has 1 aliphatic heterocycles. The first-order chi connectivity index (χ1) is 4.75. The highest BCUT2D eigenvalue weighted by Gasteiger charge is 2.26. The first kappa shape index (κ1) is 8.02. The Morgan fingerprint density at radius 1 is 1.40 bits per heavy atom. The Balaban J connectivity index is 2.42. The van der Waals surface area contributed by atoms with Gasteiger partial charge in [-0.05, 0) is 26.6 Å². The molecule has 10 heavy (non-hydrogen) atoms. The molecule has 0 aliphatic carbocycles. The number of hydrogen-bond acceptors (Lipinski definition) is 2. The normalized spacial score (nSPS) is 33.6. The SMILES string of the molecule is CC[C@@H]1CNC[C@@H]1N(C)C. The molecule has 1 saturated heterocycles. The third-order valence-electron chi connectivity index (χ3n) is 2.49. The van der Waals surface area contributed by atoms with E-state index in [2.05, 4.69) is 31.2 Å². The predicted molar refractivity (Wildman–Crippen MR) is 44.1 cm³/mol. The van der Waals surface area contributed by atoms with E-state index in [0.717, 1.165) is 12.0 Å². The summed E-state index contributed by atoms with van der Waals surface area (Å²) in [7, 11) is 4.33. The molecule has 0 unspecified atom stereocenters. The van der Waals surface area contributed by atoms with E-state index in [-0.39, 0.29) is 0 Å². The van der Waals surface area contributed by atoms with Crippen molar-refractivity contribution in [3.05, 3.63) is 0 Å². The quantitative estimate of drug-likeness (QED) is 0.605. The van der Waals surface area contributed by atoms with Crippen LogP contribution >= 0.6 is 0 Å². The first-order valence-electron chi connectivity index (χ1n) is 4.12. The molecule has 0 aromatic heterocycles. The molecule has 0 radical (unpaired) electrons. The molecule has 1 aliphatic rings. The van der Waals surface area contributed by atoms with Gasteiger partial charge in [0.05, 0.1) is 0 Å². The second kappa shape index (κ2) is 3.35. The van der Waals surface area contributed by atoms with Gasteiger partial charge in [0.1, 0.15) is 0 Å². The van der Waals surface area contributed by atoms with Crippen molar-refractivity contribution in [2.75, 3.05) is 27.2 Å². The average molecular weight is 142 g/mol. The van der Waals surface area contributed by atoms with Gasteiger partial charge in [0.25, 0.3) is 0 Å². The molecule has 2 atom stereocenters. The fraction of sp³-hybridized carbons (Fsp3) is 1.00. The van der Waals surface area contributed by atoms with Crippen molar-refractivity contribution in [2.45, 2.75) is 19.4 Å². The Morgan fingerprint density at radius 3 is 2.50 bits per heavy atom. The average Bonchev–Trinajstić information content (AvgIpc) is 2.33. The zero-order chi connectivity index (χ0) is 7.56. The van der Waals surface area contributed by atoms with E-state index in [0.29, 0.717) is 0 Å². The Morgan fingerprint density at radius 2 is 2.10 bits per heavy atom. The van der Waals surface area contributed by atoms with Crippen LogP contribution in [0.25, 0.3) is 0 Å². The van der Waals surface area contributed by atoms with E-state index in [1.54, 1.807) is 0 Å². The summed E-state index contributed by atoms with van der Waals surface area (Å²) in [6, 6.07) is 0.769. The molecule has 0 amide bonds. The third-order valence-corrected chi connectivity index (χ3v) is 2.49. The summed E-state index contributed by atoms with van der Waals surface area (Å²) in [6.45, 7) is 4.65. The molecule has 0 spiro atoms. The van der Waals surface area contributed by atoms with Crippen molar-refractivity contribution >= 4 is 0 Å². The lowest BCUT2D eigenvalue weighted by atomic mass is 10.0. The lowest BCUT2D eigenvalue weighted by Crippen LogP contribution is -2.34. The maximum absolute atomic E-state index is 3.41. The Labute approximate surface area is 63.6 Å². The van der Waals surface area contributed by atoms with Crippen LogP contribution in [0.5, 0.6) is 0 Å². The zero-order valence-corrected chi connectivity index (χ0v) is 7.22. The molecule has 2 heteroatoms. The van der Waals surface area contributed by atoms with Gasteiger partial charge in [-0.15, -0.1) is 0 Å². The smallest absolute Gasteiger partial charge is 0.0254 e. The van der Waals surface area contributed by atoms with Crippen LogP contribution in [-0.4, -0.2) is 38.1 Å². The van der Waals surface area contributed by atoms with E-state index in [4.69, 9.17) is 0 Å². The third kappa shape index (κ3) is 1.50. The van der Waals surface area contributed by atoms with Crippen LogP contribution in [0, 0.1) is 5.92 Å². The van der Waals surface area contributed by atoms with Crippen molar-refractivity contribution < 1.29 is 0 Å². The highest BCUT2D eigenvalue weighted by atomic mass is 15.2. The van der Waals surface area contributed by atoms with E-state index >= 15 is 0 Å². The highest BCUT2D eigenvalue weighted by molar-refractivity contribution is 4.85. The molecule has 1 heterocycles. The van der Waals surface area contributed by atoms with Crippen molar-refractivity contribution in [1.82, 2.24) is 10.2 Å². The van der Waals surface area contributed by atoms with Crippen LogP contribution in [0.3, 0.4) is 0 Å². The fourth-order valence-corrected chi connectivity index (χ4v) is 1.74. The van der Waals surface area contributed by atoms with E-state index in [9.17, 15) is 0 Å². The van der Waals surface area contributed by atoms with Crippen molar-refractivity contribution in [3.63, 3.8) is 0 Å². The van der Waals surface area contributed by atoms with Gasteiger partial charge >= 0.3 is 0 Å². The van der Waals surface area contributed by atoms with Crippen LogP contribution < -0.4 is 5.32 Å². The van der Waals surface area contributed by atoms with Gasteiger partial charge in [0, 0.05) is 12.6 Å².